The molecule has 106 valence electrons. The number of ether oxygens (including phenoxy) is 1. The number of hydrogen-bond acceptors (Lipinski definition) is 4. The lowest BCUT2D eigenvalue weighted by Gasteiger charge is -2.16. The number of fused-ring (bicyclic) bond motifs is 1. The highest BCUT2D eigenvalue weighted by atomic mass is 16.5. The summed E-state index contributed by atoms with van der Waals surface area (Å²) in [6, 6.07) is 6.12. The Hall–Kier alpha value is -1.88. The van der Waals surface area contributed by atoms with Crippen LogP contribution < -0.4 is 10.1 Å². The highest BCUT2D eigenvalue weighted by molar-refractivity contribution is 5.26. The van der Waals surface area contributed by atoms with Gasteiger partial charge in [0.2, 0.25) is 0 Å². The van der Waals surface area contributed by atoms with Crippen molar-refractivity contribution >= 4 is 0 Å². The number of rotatable bonds is 5. The molecule has 0 aliphatic carbocycles. The molecule has 2 aromatic rings. The van der Waals surface area contributed by atoms with Crippen LogP contribution in [0.15, 0.2) is 24.4 Å². The zero-order valence-electron chi connectivity index (χ0n) is 11.8. The lowest BCUT2D eigenvalue weighted by atomic mass is 10.2. The SMILES string of the molecule is CCCc1cccc(COc2cnn3c2CNCC3)n1. The van der Waals surface area contributed by atoms with Gasteiger partial charge in [0.05, 0.1) is 24.1 Å². The van der Waals surface area contributed by atoms with Crippen LogP contribution in [0, 0.1) is 0 Å². The predicted octanol–water partition coefficient (Wildman–Crippen LogP) is 1.91. The lowest BCUT2D eigenvalue weighted by molar-refractivity contribution is 0.293. The van der Waals surface area contributed by atoms with Gasteiger partial charge in [0.1, 0.15) is 6.61 Å². The van der Waals surface area contributed by atoms with E-state index in [1.807, 2.05) is 16.8 Å². The quantitative estimate of drug-likeness (QED) is 0.903. The average Bonchev–Trinajstić information content (AvgIpc) is 2.89. The molecule has 20 heavy (non-hydrogen) atoms. The van der Waals surface area contributed by atoms with Crippen LogP contribution in [-0.4, -0.2) is 21.3 Å². The van der Waals surface area contributed by atoms with Crippen molar-refractivity contribution < 1.29 is 4.74 Å². The Morgan fingerprint density at radius 1 is 1.35 bits per heavy atom. The predicted molar refractivity (Wildman–Crippen MR) is 76.5 cm³/mol. The van der Waals surface area contributed by atoms with E-state index in [4.69, 9.17) is 4.74 Å². The van der Waals surface area contributed by atoms with Crippen LogP contribution in [0.25, 0.3) is 0 Å². The molecule has 0 radical (unpaired) electrons. The van der Waals surface area contributed by atoms with Crippen molar-refractivity contribution in [3.63, 3.8) is 0 Å². The molecule has 5 heteroatoms. The second-order valence-electron chi connectivity index (χ2n) is 5.01. The fraction of sp³-hybridized carbons (Fsp3) is 0.467. The zero-order chi connectivity index (χ0) is 13.8. The Morgan fingerprint density at radius 2 is 2.25 bits per heavy atom. The maximum Gasteiger partial charge on any atom is 0.162 e. The van der Waals surface area contributed by atoms with E-state index in [0.29, 0.717) is 6.61 Å². The molecule has 2 aromatic heterocycles. The van der Waals surface area contributed by atoms with Gasteiger partial charge in [-0.2, -0.15) is 5.10 Å². The van der Waals surface area contributed by atoms with E-state index in [1.165, 1.54) is 0 Å². The van der Waals surface area contributed by atoms with Gasteiger partial charge in [0.25, 0.3) is 0 Å². The average molecular weight is 272 g/mol. The smallest absolute Gasteiger partial charge is 0.162 e. The molecule has 0 bridgehead atoms. The van der Waals surface area contributed by atoms with Gasteiger partial charge in [-0.1, -0.05) is 19.4 Å². The van der Waals surface area contributed by atoms with E-state index in [-0.39, 0.29) is 0 Å². The number of nitrogens with one attached hydrogen (secondary N) is 1. The lowest BCUT2D eigenvalue weighted by Crippen LogP contribution is -2.28. The minimum atomic E-state index is 0.496. The third-order valence-electron chi connectivity index (χ3n) is 3.45. The van der Waals surface area contributed by atoms with Crippen LogP contribution >= 0.6 is 0 Å². The summed E-state index contributed by atoms with van der Waals surface area (Å²) < 4.78 is 7.88. The van der Waals surface area contributed by atoms with Crippen LogP contribution in [0.2, 0.25) is 0 Å². The molecule has 1 N–H and O–H groups in total. The first-order valence-electron chi connectivity index (χ1n) is 7.20. The van der Waals surface area contributed by atoms with Crippen molar-refractivity contribution in [2.75, 3.05) is 6.54 Å². The van der Waals surface area contributed by atoms with Crippen LogP contribution in [0.4, 0.5) is 0 Å². The molecule has 0 atom stereocenters. The van der Waals surface area contributed by atoms with Crippen molar-refractivity contribution in [2.45, 2.75) is 39.5 Å². The summed E-state index contributed by atoms with van der Waals surface area (Å²) in [4.78, 5) is 4.61. The van der Waals surface area contributed by atoms with Gasteiger partial charge < -0.3 is 10.1 Å². The standard InChI is InChI=1S/C15H20N4O/c1-2-4-12-5-3-6-13(18-12)11-20-15-10-17-19-8-7-16-9-14(15)19/h3,5-6,10,16H,2,4,7-9,11H2,1H3. The van der Waals surface area contributed by atoms with E-state index >= 15 is 0 Å². The highest BCUT2D eigenvalue weighted by Gasteiger charge is 2.15. The summed E-state index contributed by atoms with van der Waals surface area (Å²) in [6.07, 6.45) is 3.93. The van der Waals surface area contributed by atoms with Crippen LogP contribution in [0.1, 0.15) is 30.4 Å². The second-order valence-corrected chi connectivity index (χ2v) is 5.01. The molecule has 0 saturated carbocycles. The molecular formula is C15H20N4O. The topological polar surface area (TPSA) is 52.0 Å². The Labute approximate surface area is 119 Å². The van der Waals surface area contributed by atoms with Gasteiger partial charge >= 0.3 is 0 Å². The number of aromatic nitrogens is 3. The third kappa shape index (κ3) is 2.82. The normalized spacial score (nSPS) is 14.1. The number of aryl methyl sites for hydroxylation is 1. The zero-order valence-corrected chi connectivity index (χ0v) is 11.8. The molecular weight excluding hydrogens is 252 g/mol. The molecule has 5 nitrogen and oxygen atoms in total. The number of nitrogens with zero attached hydrogens (tertiary/aromatic N) is 3. The van der Waals surface area contributed by atoms with E-state index in [1.54, 1.807) is 6.20 Å². The summed E-state index contributed by atoms with van der Waals surface area (Å²) in [6.45, 7) is 5.35. The molecule has 0 unspecified atom stereocenters. The first-order valence-corrected chi connectivity index (χ1v) is 7.20. The van der Waals surface area contributed by atoms with Crippen molar-refractivity contribution in [3.8, 4) is 5.75 Å². The summed E-state index contributed by atoms with van der Waals surface area (Å²) in [7, 11) is 0. The van der Waals surface area contributed by atoms with E-state index in [9.17, 15) is 0 Å². The van der Waals surface area contributed by atoms with Crippen LogP contribution in [-0.2, 0) is 26.1 Å². The van der Waals surface area contributed by atoms with Gasteiger partial charge in [-0.15, -0.1) is 0 Å². The maximum atomic E-state index is 5.88. The second kappa shape index (κ2) is 6.05. The first kappa shape index (κ1) is 13.1. The van der Waals surface area contributed by atoms with Gasteiger partial charge in [-0.3, -0.25) is 9.67 Å². The van der Waals surface area contributed by atoms with E-state index in [0.717, 1.165) is 55.3 Å². The van der Waals surface area contributed by atoms with Crippen molar-refractivity contribution in [1.29, 1.82) is 0 Å². The Morgan fingerprint density at radius 3 is 3.15 bits per heavy atom. The fourth-order valence-corrected chi connectivity index (χ4v) is 2.43. The Kier molecular flexibility index (Phi) is 3.97. The summed E-state index contributed by atoms with van der Waals surface area (Å²) in [5, 5.41) is 7.68. The van der Waals surface area contributed by atoms with Gasteiger partial charge in [0, 0.05) is 18.8 Å². The monoisotopic (exact) mass is 272 g/mol. The fourth-order valence-electron chi connectivity index (χ4n) is 2.43. The third-order valence-corrected chi connectivity index (χ3v) is 3.45. The molecule has 0 fully saturated rings. The van der Waals surface area contributed by atoms with Gasteiger partial charge in [-0.05, 0) is 18.6 Å². The van der Waals surface area contributed by atoms with Gasteiger partial charge in [-0.25, -0.2) is 0 Å². The number of hydrogen-bond donors (Lipinski definition) is 1. The summed E-state index contributed by atoms with van der Waals surface area (Å²) in [5.41, 5.74) is 3.23. The summed E-state index contributed by atoms with van der Waals surface area (Å²) in [5.74, 6) is 0.861. The Balaban J connectivity index is 1.67. The highest BCUT2D eigenvalue weighted by Crippen LogP contribution is 2.20. The molecule has 0 saturated heterocycles. The van der Waals surface area contributed by atoms with Crippen molar-refractivity contribution in [3.05, 3.63) is 41.5 Å². The molecule has 0 spiro atoms. The molecule has 0 aromatic carbocycles. The maximum absolute atomic E-state index is 5.88. The van der Waals surface area contributed by atoms with Crippen LogP contribution in [0.5, 0.6) is 5.75 Å². The van der Waals surface area contributed by atoms with Gasteiger partial charge in [0.15, 0.2) is 5.75 Å². The Bertz CT molecular complexity index is 579. The molecule has 0 amide bonds. The van der Waals surface area contributed by atoms with E-state index < -0.39 is 0 Å². The van der Waals surface area contributed by atoms with Crippen molar-refractivity contribution in [1.82, 2.24) is 20.1 Å². The molecule has 1 aliphatic heterocycles. The summed E-state index contributed by atoms with van der Waals surface area (Å²) >= 11 is 0. The van der Waals surface area contributed by atoms with E-state index in [2.05, 4.69) is 28.4 Å². The number of pyridine rings is 1. The molecule has 1 aliphatic rings. The largest absolute Gasteiger partial charge is 0.484 e. The minimum absolute atomic E-state index is 0.496. The van der Waals surface area contributed by atoms with Crippen LogP contribution in [0.3, 0.4) is 0 Å². The minimum Gasteiger partial charge on any atom is -0.484 e. The molecule has 3 rings (SSSR count). The van der Waals surface area contributed by atoms with Crippen molar-refractivity contribution in [2.24, 2.45) is 0 Å². The molecule has 3 heterocycles. The first-order chi connectivity index (χ1) is 9.86.